The van der Waals surface area contributed by atoms with E-state index in [9.17, 15) is 9.18 Å². The summed E-state index contributed by atoms with van der Waals surface area (Å²) in [5.41, 5.74) is 1.02. The predicted octanol–water partition coefficient (Wildman–Crippen LogP) is 2.41. The van der Waals surface area contributed by atoms with Gasteiger partial charge in [-0.25, -0.2) is 9.37 Å². The van der Waals surface area contributed by atoms with Crippen LogP contribution in [-0.4, -0.2) is 9.97 Å². The van der Waals surface area contributed by atoms with E-state index in [1.54, 1.807) is 25.1 Å². The van der Waals surface area contributed by atoms with E-state index in [1.807, 2.05) is 22.6 Å². The third kappa shape index (κ3) is 2.71. The predicted molar refractivity (Wildman–Crippen MR) is 71.5 cm³/mol. The summed E-state index contributed by atoms with van der Waals surface area (Å²) in [7, 11) is 0. The van der Waals surface area contributed by atoms with Crippen LogP contribution in [0.1, 0.15) is 17.1 Å². The number of halogens is 2. The molecule has 0 spiro atoms. The lowest BCUT2D eigenvalue weighted by Crippen LogP contribution is -2.17. The normalized spacial score (nSPS) is 10.5. The second-order valence-electron chi connectivity index (χ2n) is 3.68. The van der Waals surface area contributed by atoms with E-state index in [2.05, 4.69) is 9.97 Å². The van der Waals surface area contributed by atoms with Gasteiger partial charge in [-0.2, -0.15) is 0 Å². The first-order valence-corrected chi connectivity index (χ1v) is 6.14. The van der Waals surface area contributed by atoms with Crippen molar-refractivity contribution in [3.63, 3.8) is 0 Å². The standard InChI is InChI=1S/C12H10FIN2O/c1-7-11(14)12(17)16-10(15-7)6-8-4-2-3-5-9(8)13/h2-5H,6H2,1H3,(H,15,16,17). The Kier molecular flexibility index (Phi) is 3.56. The number of hydrogen-bond donors (Lipinski definition) is 1. The molecule has 1 aromatic carbocycles. The van der Waals surface area contributed by atoms with Crippen LogP contribution in [0, 0.1) is 16.3 Å². The molecule has 0 aliphatic rings. The Morgan fingerprint density at radius 2 is 2.12 bits per heavy atom. The van der Waals surface area contributed by atoms with Gasteiger partial charge in [0.1, 0.15) is 11.6 Å². The van der Waals surface area contributed by atoms with E-state index in [1.165, 1.54) is 6.07 Å². The first kappa shape index (κ1) is 12.2. The van der Waals surface area contributed by atoms with Gasteiger partial charge in [0.25, 0.3) is 5.56 Å². The van der Waals surface area contributed by atoms with Crippen LogP contribution in [0.15, 0.2) is 29.1 Å². The summed E-state index contributed by atoms with van der Waals surface area (Å²) in [4.78, 5) is 18.4. The molecule has 17 heavy (non-hydrogen) atoms. The fourth-order valence-electron chi connectivity index (χ4n) is 1.54. The highest BCUT2D eigenvalue weighted by molar-refractivity contribution is 14.1. The topological polar surface area (TPSA) is 45.8 Å². The number of nitrogens with zero attached hydrogens (tertiary/aromatic N) is 1. The molecule has 88 valence electrons. The van der Waals surface area contributed by atoms with Crippen molar-refractivity contribution in [3.05, 3.63) is 61.1 Å². The molecule has 0 amide bonds. The fourth-order valence-corrected chi connectivity index (χ4v) is 1.79. The molecule has 1 aromatic heterocycles. The van der Waals surface area contributed by atoms with Crippen LogP contribution < -0.4 is 5.56 Å². The maximum absolute atomic E-state index is 13.4. The number of benzene rings is 1. The maximum Gasteiger partial charge on any atom is 0.264 e. The van der Waals surface area contributed by atoms with Gasteiger partial charge in [0.05, 0.1) is 9.26 Å². The second kappa shape index (κ2) is 4.95. The zero-order chi connectivity index (χ0) is 12.4. The Labute approximate surface area is 111 Å². The van der Waals surface area contributed by atoms with Gasteiger partial charge >= 0.3 is 0 Å². The average molecular weight is 344 g/mol. The van der Waals surface area contributed by atoms with Gasteiger partial charge in [0, 0.05) is 6.42 Å². The van der Waals surface area contributed by atoms with E-state index in [4.69, 9.17) is 0 Å². The molecule has 2 rings (SSSR count). The quantitative estimate of drug-likeness (QED) is 0.851. The molecule has 0 bridgehead atoms. The lowest BCUT2D eigenvalue weighted by atomic mass is 10.1. The van der Waals surface area contributed by atoms with Gasteiger partial charge in [0.15, 0.2) is 0 Å². The van der Waals surface area contributed by atoms with Crippen molar-refractivity contribution in [1.82, 2.24) is 9.97 Å². The van der Waals surface area contributed by atoms with Crippen LogP contribution in [0.25, 0.3) is 0 Å². The number of aryl methyl sites for hydroxylation is 1. The van der Waals surface area contributed by atoms with Gasteiger partial charge in [-0.1, -0.05) is 18.2 Å². The summed E-state index contributed by atoms with van der Waals surface area (Å²) in [5, 5.41) is 0. The molecular weight excluding hydrogens is 334 g/mol. The number of nitrogens with one attached hydrogen (secondary N) is 1. The first-order chi connectivity index (χ1) is 8.08. The van der Waals surface area contributed by atoms with Crippen LogP contribution in [0.3, 0.4) is 0 Å². The Bertz CT molecular complexity index is 610. The molecule has 0 unspecified atom stereocenters. The molecule has 5 heteroatoms. The summed E-state index contributed by atoms with van der Waals surface area (Å²) in [6, 6.07) is 6.47. The fraction of sp³-hybridized carbons (Fsp3) is 0.167. The zero-order valence-corrected chi connectivity index (χ0v) is 11.3. The summed E-state index contributed by atoms with van der Waals surface area (Å²) < 4.78 is 14.0. The highest BCUT2D eigenvalue weighted by Crippen LogP contribution is 2.11. The smallest absolute Gasteiger partial charge is 0.264 e. The Morgan fingerprint density at radius 3 is 2.76 bits per heavy atom. The van der Waals surface area contributed by atoms with Crippen molar-refractivity contribution in [1.29, 1.82) is 0 Å². The minimum atomic E-state index is -0.286. The lowest BCUT2D eigenvalue weighted by Gasteiger charge is -2.04. The van der Waals surface area contributed by atoms with Crippen molar-refractivity contribution < 1.29 is 4.39 Å². The third-order valence-electron chi connectivity index (χ3n) is 2.39. The molecule has 0 aliphatic heterocycles. The zero-order valence-electron chi connectivity index (χ0n) is 9.13. The lowest BCUT2D eigenvalue weighted by molar-refractivity contribution is 0.611. The minimum absolute atomic E-state index is 0.176. The molecule has 0 aliphatic carbocycles. The average Bonchev–Trinajstić information content (AvgIpc) is 2.29. The molecular formula is C12H10FIN2O. The highest BCUT2D eigenvalue weighted by Gasteiger charge is 2.07. The van der Waals surface area contributed by atoms with Crippen molar-refractivity contribution in [2.45, 2.75) is 13.3 Å². The largest absolute Gasteiger partial charge is 0.309 e. The monoisotopic (exact) mass is 344 g/mol. The van der Waals surface area contributed by atoms with Crippen LogP contribution in [0.4, 0.5) is 4.39 Å². The van der Waals surface area contributed by atoms with Crippen molar-refractivity contribution >= 4 is 22.6 Å². The highest BCUT2D eigenvalue weighted by atomic mass is 127. The number of hydrogen-bond acceptors (Lipinski definition) is 2. The van der Waals surface area contributed by atoms with Gasteiger partial charge in [-0.15, -0.1) is 0 Å². The number of aromatic amines is 1. The molecule has 0 saturated carbocycles. The summed E-state index contributed by atoms with van der Waals surface area (Å²) in [5.74, 6) is 0.198. The summed E-state index contributed by atoms with van der Waals surface area (Å²) in [6.45, 7) is 1.77. The van der Waals surface area contributed by atoms with Crippen LogP contribution >= 0.6 is 22.6 Å². The van der Waals surface area contributed by atoms with Gasteiger partial charge in [0.2, 0.25) is 0 Å². The molecule has 2 aromatic rings. The van der Waals surface area contributed by atoms with E-state index >= 15 is 0 Å². The van der Waals surface area contributed by atoms with Crippen molar-refractivity contribution in [3.8, 4) is 0 Å². The van der Waals surface area contributed by atoms with E-state index in [-0.39, 0.29) is 11.4 Å². The summed E-state index contributed by atoms with van der Waals surface area (Å²) in [6.07, 6.45) is 0.291. The van der Waals surface area contributed by atoms with Crippen LogP contribution in [-0.2, 0) is 6.42 Å². The van der Waals surface area contributed by atoms with Crippen molar-refractivity contribution in [2.24, 2.45) is 0 Å². The Hall–Kier alpha value is -1.24. The van der Waals surface area contributed by atoms with Gasteiger partial charge in [-0.05, 0) is 41.1 Å². The van der Waals surface area contributed by atoms with E-state index in [0.717, 1.165) is 0 Å². The number of H-pyrrole nitrogens is 1. The Morgan fingerprint density at radius 1 is 1.41 bits per heavy atom. The number of rotatable bonds is 2. The van der Waals surface area contributed by atoms with E-state index in [0.29, 0.717) is 27.1 Å². The molecule has 0 fully saturated rings. The first-order valence-electron chi connectivity index (χ1n) is 5.06. The molecule has 3 nitrogen and oxygen atoms in total. The van der Waals surface area contributed by atoms with Crippen LogP contribution in [0.5, 0.6) is 0 Å². The number of aromatic nitrogens is 2. The Balaban J connectivity index is 2.38. The van der Waals surface area contributed by atoms with Crippen LogP contribution in [0.2, 0.25) is 0 Å². The maximum atomic E-state index is 13.4. The molecule has 0 atom stereocenters. The second-order valence-corrected chi connectivity index (χ2v) is 4.76. The van der Waals surface area contributed by atoms with Gasteiger partial charge < -0.3 is 4.98 Å². The molecule has 1 heterocycles. The SMILES string of the molecule is Cc1nc(Cc2ccccc2F)[nH]c(=O)c1I. The molecule has 0 radical (unpaired) electrons. The summed E-state index contributed by atoms with van der Waals surface area (Å²) >= 11 is 1.94. The van der Waals surface area contributed by atoms with Gasteiger partial charge in [-0.3, -0.25) is 4.79 Å². The van der Waals surface area contributed by atoms with E-state index < -0.39 is 0 Å². The molecule has 0 saturated heterocycles. The minimum Gasteiger partial charge on any atom is -0.309 e. The third-order valence-corrected chi connectivity index (χ3v) is 3.66. The molecule has 1 N–H and O–H groups in total. The van der Waals surface area contributed by atoms with Crippen molar-refractivity contribution in [2.75, 3.05) is 0 Å².